The zero-order chi connectivity index (χ0) is 14.3. The standard InChI is InChI=1S/C13H18BrNO4/c1-18-8-6-15(5-7-16)13(17)11-9-10(14)3-4-12(11)19-2/h3-4,9,16H,5-8H2,1-2H3. The van der Waals surface area contributed by atoms with Crippen LogP contribution in [-0.2, 0) is 4.74 Å². The number of aliphatic hydroxyl groups excluding tert-OH is 1. The van der Waals surface area contributed by atoms with E-state index in [0.29, 0.717) is 24.5 Å². The van der Waals surface area contributed by atoms with Crippen LogP contribution >= 0.6 is 15.9 Å². The fraction of sp³-hybridized carbons (Fsp3) is 0.462. The molecule has 1 amide bonds. The van der Waals surface area contributed by atoms with Crippen LogP contribution in [0.4, 0.5) is 0 Å². The molecule has 0 spiro atoms. The van der Waals surface area contributed by atoms with Crippen molar-refractivity contribution in [2.75, 3.05) is 40.5 Å². The number of hydrogen-bond donors (Lipinski definition) is 1. The summed E-state index contributed by atoms with van der Waals surface area (Å²) in [7, 11) is 3.09. The minimum atomic E-state index is -0.191. The molecule has 19 heavy (non-hydrogen) atoms. The number of methoxy groups -OCH3 is 2. The van der Waals surface area contributed by atoms with Gasteiger partial charge in [-0.15, -0.1) is 0 Å². The van der Waals surface area contributed by atoms with Gasteiger partial charge in [-0.2, -0.15) is 0 Å². The van der Waals surface area contributed by atoms with Gasteiger partial charge in [-0.25, -0.2) is 0 Å². The number of benzene rings is 1. The molecular weight excluding hydrogens is 314 g/mol. The number of amides is 1. The average Bonchev–Trinajstić information content (AvgIpc) is 2.42. The Bertz CT molecular complexity index is 425. The molecule has 1 rings (SSSR count). The second kappa shape index (κ2) is 8.14. The molecule has 0 saturated heterocycles. The number of aliphatic hydroxyl groups is 1. The molecule has 5 nitrogen and oxygen atoms in total. The Morgan fingerprint density at radius 3 is 2.68 bits per heavy atom. The highest BCUT2D eigenvalue weighted by atomic mass is 79.9. The van der Waals surface area contributed by atoms with Crippen LogP contribution in [0, 0.1) is 0 Å². The van der Waals surface area contributed by atoms with Crippen LogP contribution in [-0.4, -0.2) is 56.4 Å². The Balaban J connectivity index is 2.97. The average molecular weight is 332 g/mol. The van der Waals surface area contributed by atoms with Crippen molar-refractivity contribution in [3.05, 3.63) is 28.2 Å². The van der Waals surface area contributed by atoms with Gasteiger partial charge in [-0.05, 0) is 18.2 Å². The van der Waals surface area contributed by atoms with Crippen LogP contribution in [0.1, 0.15) is 10.4 Å². The Morgan fingerprint density at radius 1 is 1.37 bits per heavy atom. The summed E-state index contributed by atoms with van der Waals surface area (Å²) in [4.78, 5) is 14.0. The monoisotopic (exact) mass is 331 g/mol. The van der Waals surface area contributed by atoms with Gasteiger partial charge in [0.2, 0.25) is 0 Å². The van der Waals surface area contributed by atoms with E-state index in [1.54, 1.807) is 25.3 Å². The van der Waals surface area contributed by atoms with Gasteiger partial charge in [-0.3, -0.25) is 4.79 Å². The Kier molecular flexibility index (Phi) is 6.83. The molecule has 6 heteroatoms. The molecule has 0 aliphatic rings. The van der Waals surface area contributed by atoms with Gasteiger partial charge in [0.25, 0.3) is 5.91 Å². The van der Waals surface area contributed by atoms with E-state index in [-0.39, 0.29) is 19.1 Å². The van der Waals surface area contributed by atoms with Gasteiger partial charge in [0.05, 0.1) is 25.9 Å². The first-order valence-corrected chi connectivity index (χ1v) is 6.66. The topological polar surface area (TPSA) is 59.0 Å². The molecule has 1 N–H and O–H groups in total. The van der Waals surface area contributed by atoms with Crippen molar-refractivity contribution in [2.24, 2.45) is 0 Å². The maximum absolute atomic E-state index is 12.4. The van der Waals surface area contributed by atoms with Gasteiger partial charge in [0.1, 0.15) is 5.75 Å². The third kappa shape index (κ3) is 4.49. The second-order valence-corrected chi connectivity index (χ2v) is 4.77. The molecule has 1 aromatic carbocycles. The molecule has 0 aliphatic heterocycles. The summed E-state index contributed by atoms with van der Waals surface area (Å²) < 4.78 is 11.0. The quantitative estimate of drug-likeness (QED) is 0.823. The van der Waals surface area contributed by atoms with Crippen LogP contribution in [0.25, 0.3) is 0 Å². The zero-order valence-corrected chi connectivity index (χ0v) is 12.6. The highest BCUT2D eigenvalue weighted by Gasteiger charge is 2.19. The molecule has 1 aromatic rings. The van der Waals surface area contributed by atoms with Gasteiger partial charge < -0.3 is 19.5 Å². The van der Waals surface area contributed by atoms with Gasteiger partial charge in [-0.1, -0.05) is 15.9 Å². The smallest absolute Gasteiger partial charge is 0.257 e. The number of nitrogens with zero attached hydrogens (tertiary/aromatic N) is 1. The van der Waals surface area contributed by atoms with Gasteiger partial charge in [0, 0.05) is 24.7 Å². The first-order valence-electron chi connectivity index (χ1n) is 5.86. The number of rotatable bonds is 7. The van der Waals surface area contributed by atoms with Crippen molar-refractivity contribution in [3.8, 4) is 5.75 Å². The third-order valence-corrected chi connectivity index (χ3v) is 3.11. The summed E-state index contributed by atoms with van der Waals surface area (Å²) in [5, 5.41) is 9.04. The van der Waals surface area contributed by atoms with Crippen LogP contribution in [0.5, 0.6) is 5.75 Å². The van der Waals surface area contributed by atoms with Crippen LogP contribution < -0.4 is 4.74 Å². The van der Waals surface area contributed by atoms with Crippen molar-refractivity contribution < 1.29 is 19.4 Å². The molecule has 0 atom stereocenters. The molecular formula is C13H18BrNO4. The van der Waals surface area contributed by atoms with E-state index in [1.165, 1.54) is 12.0 Å². The largest absolute Gasteiger partial charge is 0.496 e. The number of hydrogen-bond acceptors (Lipinski definition) is 4. The molecule has 0 heterocycles. The molecule has 0 aromatic heterocycles. The summed E-state index contributed by atoms with van der Waals surface area (Å²) in [6.07, 6.45) is 0. The van der Waals surface area contributed by atoms with E-state index in [9.17, 15) is 4.79 Å². The molecule has 106 valence electrons. The molecule has 0 bridgehead atoms. The lowest BCUT2D eigenvalue weighted by Gasteiger charge is -2.22. The van der Waals surface area contributed by atoms with E-state index < -0.39 is 0 Å². The zero-order valence-electron chi connectivity index (χ0n) is 11.1. The van der Waals surface area contributed by atoms with E-state index in [0.717, 1.165) is 4.47 Å². The number of carbonyl (C=O) groups excluding carboxylic acids is 1. The lowest BCUT2D eigenvalue weighted by Crippen LogP contribution is -2.36. The SMILES string of the molecule is COCCN(CCO)C(=O)c1cc(Br)ccc1OC. The summed E-state index contributed by atoms with van der Waals surface area (Å²) in [6, 6.07) is 5.24. The Labute approximate surface area is 121 Å². The summed E-state index contributed by atoms with van der Waals surface area (Å²) in [5.74, 6) is 0.317. The Morgan fingerprint density at radius 2 is 2.11 bits per heavy atom. The number of halogens is 1. The van der Waals surface area contributed by atoms with E-state index in [2.05, 4.69) is 15.9 Å². The number of carbonyl (C=O) groups is 1. The van der Waals surface area contributed by atoms with Crippen LogP contribution in [0.3, 0.4) is 0 Å². The fourth-order valence-corrected chi connectivity index (χ4v) is 2.02. The van der Waals surface area contributed by atoms with E-state index in [4.69, 9.17) is 14.6 Å². The fourth-order valence-electron chi connectivity index (χ4n) is 1.65. The molecule has 0 radical (unpaired) electrons. The first-order chi connectivity index (χ1) is 9.13. The molecule has 0 saturated carbocycles. The van der Waals surface area contributed by atoms with Crippen molar-refractivity contribution in [2.45, 2.75) is 0 Å². The van der Waals surface area contributed by atoms with E-state index >= 15 is 0 Å². The maximum Gasteiger partial charge on any atom is 0.257 e. The molecule has 0 aliphatic carbocycles. The van der Waals surface area contributed by atoms with Crippen molar-refractivity contribution in [1.82, 2.24) is 4.90 Å². The minimum absolute atomic E-state index is 0.0915. The Hall–Kier alpha value is -1.11. The third-order valence-electron chi connectivity index (χ3n) is 2.61. The summed E-state index contributed by atoms with van der Waals surface area (Å²) in [5.41, 5.74) is 0.460. The first kappa shape index (κ1) is 15.9. The predicted molar refractivity (Wildman–Crippen MR) is 75.6 cm³/mol. The summed E-state index contributed by atoms with van der Waals surface area (Å²) >= 11 is 3.33. The number of ether oxygens (including phenoxy) is 2. The van der Waals surface area contributed by atoms with Crippen molar-refractivity contribution in [1.29, 1.82) is 0 Å². The predicted octanol–water partition coefficient (Wildman–Crippen LogP) is 1.54. The van der Waals surface area contributed by atoms with Gasteiger partial charge >= 0.3 is 0 Å². The lowest BCUT2D eigenvalue weighted by atomic mass is 10.1. The van der Waals surface area contributed by atoms with Crippen LogP contribution in [0.2, 0.25) is 0 Å². The van der Waals surface area contributed by atoms with Gasteiger partial charge in [0.15, 0.2) is 0 Å². The molecule has 0 unspecified atom stereocenters. The van der Waals surface area contributed by atoms with Crippen molar-refractivity contribution in [3.63, 3.8) is 0 Å². The van der Waals surface area contributed by atoms with Crippen molar-refractivity contribution >= 4 is 21.8 Å². The summed E-state index contributed by atoms with van der Waals surface area (Å²) in [6.45, 7) is 1.01. The highest BCUT2D eigenvalue weighted by molar-refractivity contribution is 9.10. The minimum Gasteiger partial charge on any atom is -0.496 e. The van der Waals surface area contributed by atoms with Crippen LogP contribution in [0.15, 0.2) is 22.7 Å². The lowest BCUT2D eigenvalue weighted by molar-refractivity contribution is 0.0653. The maximum atomic E-state index is 12.4. The van der Waals surface area contributed by atoms with E-state index in [1.807, 2.05) is 0 Å². The second-order valence-electron chi connectivity index (χ2n) is 3.85. The normalized spacial score (nSPS) is 10.3. The molecule has 0 fully saturated rings. The highest BCUT2D eigenvalue weighted by Crippen LogP contribution is 2.24.